The van der Waals surface area contributed by atoms with Crippen molar-refractivity contribution >= 4 is 11.6 Å². The summed E-state index contributed by atoms with van der Waals surface area (Å²) in [5.41, 5.74) is 8.28. The molecule has 0 amide bonds. The second-order valence-electron chi connectivity index (χ2n) is 5.10. The lowest BCUT2D eigenvalue weighted by atomic mass is 9.81. The third-order valence-corrected chi connectivity index (χ3v) is 4.24. The fourth-order valence-corrected chi connectivity index (χ4v) is 2.42. The Hall–Kier alpha value is -0.540. The van der Waals surface area contributed by atoms with Crippen molar-refractivity contribution in [3.8, 4) is 0 Å². The van der Waals surface area contributed by atoms with E-state index < -0.39 is 0 Å². The van der Waals surface area contributed by atoms with E-state index in [2.05, 4.69) is 32.8 Å². The summed E-state index contributed by atoms with van der Waals surface area (Å²) in [6, 6.07) is 0. The molecule has 1 heterocycles. The molecule has 0 spiro atoms. The number of halogens is 1. The van der Waals surface area contributed by atoms with Gasteiger partial charge in [0.05, 0.1) is 16.4 Å². The van der Waals surface area contributed by atoms with Crippen LogP contribution in [0, 0.1) is 5.92 Å². The fourth-order valence-electron chi connectivity index (χ4n) is 2.06. The van der Waals surface area contributed by atoms with Crippen LogP contribution in [0.25, 0.3) is 0 Å². The summed E-state index contributed by atoms with van der Waals surface area (Å²) in [4.78, 5) is 0. The summed E-state index contributed by atoms with van der Waals surface area (Å²) < 4.78 is 1.88. The Morgan fingerprint density at radius 1 is 1.41 bits per heavy atom. The maximum Gasteiger partial charge on any atom is 0.0850 e. The Morgan fingerprint density at radius 3 is 2.35 bits per heavy atom. The number of aryl methyl sites for hydroxylation is 2. The summed E-state index contributed by atoms with van der Waals surface area (Å²) in [6.07, 6.45) is 2.58. The van der Waals surface area contributed by atoms with E-state index >= 15 is 0 Å². The van der Waals surface area contributed by atoms with E-state index in [-0.39, 0.29) is 5.54 Å². The molecule has 4 heteroatoms. The molecule has 0 saturated carbocycles. The van der Waals surface area contributed by atoms with Crippen LogP contribution in [0.4, 0.5) is 0 Å². The first-order valence-electron chi connectivity index (χ1n) is 6.34. The van der Waals surface area contributed by atoms with Gasteiger partial charge in [0.15, 0.2) is 0 Å². The molecule has 0 aliphatic heterocycles. The highest BCUT2D eigenvalue weighted by molar-refractivity contribution is 6.31. The van der Waals surface area contributed by atoms with Crippen LogP contribution in [-0.2, 0) is 19.9 Å². The lowest BCUT2D eigenvalue weighted by Crippen LogP contribution is -2.47. The molecule has 0 fully saturated rings. The van der Waals surface area contributed by atoms with Gasteiger partial charge in [-0.05, 0) is 18.8 Å². The van der Waals surface area contributed by atoms with Gasteiger partial charge in [-0.15, -0.1) is 0 Å². The SMILES string of the molecule is CCc1nn(C)c(CC(N)(CC)C(C)C)c1Cl. The third-order valence-electron chi connectivity index (χ3n) is 3.81. The molecule has 17 heavy (non-hydrogen) atoms. The zero-order valence-corrected chi connectivity index (χ0v) is 12.3. The largest absolute Gasteiger partial charge is 0.325 e. The minimum absolute atomic E-state index is 0.206. The summed E-state index contributed by atoms with van der Waals surface area (Å²) in [7, 11) is 1.94. The van der Waals surface area contributed by atoms with E-state index in [1.165, 1.54) is 0 Å². The first kappa shape index (κ1) is 14.5. The van der Waals surface area contributed by atoms with Crippen molar-refractivity contribution < 1.29 is 0 Å². The third kappa shape index (κ3) is 2.83. The zero-order chi connectivity index (χ0) is 13.2. The molecule has 1 unspecified atom stereocenters. The smallest absolute Gasteiger partial charge is 0.0850 e. The number of rotatable bonds is 5. The Bertz CT molecular complexity index is 384. The minimum Gasteiger partial charge on any atom is -0.325 e. The normalized spacial score (nSPS) is 15.3. The van der Waals surface area contributed by atoms with Crippen molar-refractivity contribution in [3.05, 3.63) is 16.4 Å². The standard InChI is InChI=1S/C13H24ClN3/c1-6-10-12(14)11(17(5)16-10)8-13(15,7-2)9(3)4/h9H,6-8,15H2,1-5H3. The lowest BCUT2D eigenvalue weighted by Gasteiger charge is -2.32. The monoisotopic (exact) mass is 257 g/mol. The van der Waals surface area contributed by atoms with E-state index in [1.807, 2.05) is 11.7 Å². The Morgan fingerprint density at radius 2 is 2.00 bits per heavy atom. The molecular weight excluding hydrogens is 234 g/mol. The van der Waals surface area contributed by atoms with E-state index in [9.17, 15) is 0 Å². The molecule has 1 aromatic heterocycles. The number of aromatic nitrogens is 2. The summed E-state index contributed by atoms with van der Waals surface area (Å²) >= 11 is 6.36. The first-order valence-corrected chi connectivity index (χ1v) is 6.72. The topological polar surface area (TPSA) is 43.8 Å². The van der Waals surface area contributed by atoms with Crippen LogP contribution in [0.2, 0.25) is 5.02 Å². The number of hydrogen-bond acceptors (Lipinski definition) is 2. The van der Waals surface area contributed by atoms with Crippen LogP contribution >= 0.6 is 11.6 Å². The number of hydrogen-bond donors (Lipinski definition) is 1. The second kappa shape index (κ2) is 5.40. The molecule has 0 aliphatic carbocycles. The van der Waals surface area contributed by atoms with Gasteiger partial charge in [0.2, 0.25) is 0 Å². The Labute approximate surface area is 109 Å². The maximum atomic E-state index is 6.46. The van der Waals surface area contributed by atoms with Gasteiger partial charge in [-0.2, -0.15) is 5.10 Å². The Balaban J connectivity index is 3.06. The van der Waals surface area contributed by atoms with Crippen molar-refractivity contribution in [1.29, 1.82) is 0 Å². The first-order chi connectivity index (χ1) is 7.85. The summed E-state index contributed by atoms with van der Waals surface area (Å²) in [6.45, 7) is 8.52. The maximum absolute atomic E-state index is 6.46. The zero-order valence-electron chi connectivity index (χ0n) is 11.5. The van der Waals surface area contributed by atoms with Gasteiger partial charge < -0.3 is 5.73 Å². The predicted molar refractivity (Wildman–Crippen MR) is 73.3 cm³/mol. The van der Waals surface area contributed by atoms with Gasteiger partial charge in [-0.25, -0.2) is 0 Å². The van der Waals surface area contributed by atoms with Gasteiger partial charge in [0.25, 0.3) is 0 Å². The quantitative estimate of drug-likeness (QED) is 0.882. The van der Waals surface area contributed by atoms with Gasteiger partial charge in [0.1, 0.15) is 0 Å². The van der Waals surface area contributed by atoms with Crippen LogP contribution in [0.3, 0.4) is 0 Å². The van der Waals surface area contributed by atoms with Crippen molar-refractivity contribution in [3.63, 3.8) is 0 Å². The number of nitrogens with two attached hydrogens (primary N) is 1. The van der Waals surface area contributed by atoms with Crippen LogP contribution in [0.5, 0.6) is 0 Å². The highest BCUT2D eigenvalue weighted by Crippen LogP contribution is 2.28. The van der Waals surface area contributed by atoms with Gasteiger partial charge in [0, 0.05) is 19.0 Å². The minimum atomic E-state index is -0.206. The molecule has 0 aromatic carbocycles. The van der Waals surface area contributed by atoms with E-state index in [0.717, 1.165) is 35.7 Å². The fraction of sp³-hybridized carbons (Fsp3) is 0.769. The molecule has 1 aromatic rings. The molecule has 0 bridgehead atoms. The van der Waals surface area contributed by atoms with Crippen molar-refractivity contribution in [2.75, 3.05) is 0 Å². The lowest BCUT2D eigenvalue weighted by molar-refractivity contribution is 0.290. The average Bonchev–Trinajstić information content (AvgIpc) is 2.55. The molecule has 1 atom stereocenters. The molecule has 98 valence electrons. The van der Waals surface area contributed by atoms with E-state index in [1.54, 1.807) is 0 Å². The summed E-state index contributed by atoms with van der Waals surface area (Å²) in [5, 5.41) is 5.23. The van der Waals surface area contributed by atoms with Gasteiger partial charge in [-0.3, -0.25) is 4.68 Å². The van der Waals surface area contributed by atoms with Crippen molar-refractivity contribution in [2.45, 2.75) is 52.5 Å². The molecular formula is C13H24ClN3. The molecule has 3 nitrogen and oxygen atoms in total. The van der Waals surface area contributed by atoms with Crippen molar-refractivity contribution in [1.82, 2.24) is 9.78 Å². The predicted octanol–water partition coefficient (Wildman–Crippen LogP) is 2.94. The molecule has 0 saturated heterocycles. The van der Waals surface area contributed by atoms with Crippen LogP contribution in [0.1, 0.15) is 45.5 Å². The Kier molecular flexibility index (Phi) is 4.62. The second-order valence-corrected chi connectivity index (χ2v) is 5.48. The highest BCUT2D eigenvalue weighted by atomic mass is 35.5. The van der Waals surface area contributed by atoms with Crippen LogP contribution in [-0.4, -0.2) is 15.3 Å². The molecule has 0 aliphatic rings. The highest BCUT2D eigenvalue weighted by Gasteiger charge is 2.30. The van der Waals surface area contributed by atoms with Crippen molar-refractivity contribution in [2.24, 2.45) is 18.7 Å². The van der Waals surface area contributed by atoms with E-state index in [0.29, 0.717) is 5.92 Å². The number of nitrogens with zero attached hydrogens (tertiary/aromatic N) is 2. The summed E-state index contributed by atoms with van der Waals surface area (Å²) in [5.74, 6) is 0.420. The molecule has 2 N–H and O–H groups in total. The molecule has 0 radical (unpaired) electrons. The van der Waals surface area contributed by atoms with Crippen LogP contribution in [0.15, 0.2) is 0 Å². The molecule has 1 rings (SSSR count). The van der Waals surface area contributed by atoms with Crippen LogP contribution < -0.4 is 5.73 Å². The van der Waals surface area contributed by atoms with E-state index in [4.69, 9.17) is 17.3 Å². The average molecular weight is 258 g/mol. The van der Waals surface area contributed by atoms with Gasteiger partial charge in [-0.1, -0.05) is 39.3 Å². The van der Waals surface area contributed by atoms with Gasteiger partial charge >= 0.3 is 0 Å².